The highest BCUT2D eigenvalue weighted by atomic mass is 35.5. The molecule has 1 aromatic carbocycles. The van der Waals surface area contributed by atoms with Gasteiger partial charge in [-0.2, -0.15) is 26.3 Å². The number of nitrogens with zero attached hydrogens (tertiary/aromatic N) is 3. The van der Waals surface area contributed by atoms with Crippen LogP contribution in [-0.4, -0.2) is 71.4 Å². The van der Waals surface area contributed by atoms with Crippen molar-refractivity contribution >= 4 is 50.7 Å². The zero-order chi connectivity index (χ0) is 38.9. The van der Waals surface area contributed by atoms with Crippen molar-refractivity contribution in [3.63, 3.8) is 0 Å². The summed E-state index contributed by atoms with van der Waals surface area (Å²) in [5, 5.41) is 1.47. The summed E-state index contributed by atoms with van der Waals surface area (Å²) in [7, 11) is -3.90. The third-order valence-electron chi connectivity index (χ3n) is 9.19. The molecule has 1 saturated heterocycles. The van der Waals surface area contributed by atoms with Crippen LogP contribution in [0.15, 0.2) is 48.0 Å². The molecule has 0 saturated carbocycles. The molecule has 10 nitrogen and oxygen atoms in total. The maximum absolute atomic E-state index is 15.3. The monoisotopic (exact) mass is 808 g/mol. The molecule has 1 N–H and O–H groups in total. The van der Waals surface area contributed by atoms with Gasteiger partial charge in [0, 0.05) is 54.6 Å². The minimum atomic E-state index is -4.95. The highest BCUT2D eigenvalue weighted by Crippen LogP contribution is 2.44. The summed E-state index contributed by atoms with van der Waals surface area (Å²) in [6, 6.07) is 5.36. The standard InChI is InChI=1S/C34H35ClF6N4O6S2/c1-3-6-26-32(51-24-17-27(52-19-24)34(39,40)41,12-5-14-44(26)30(47)29-25(33(36,37)38)7-4-13-42-29)31(48)45-18-20-8-9-22(35)15-21(20)16-23(45)10-11-28(46)43-53(2,49)50/h4,7-9,13,15,17,19,23,26H,3,5-6,10-12,14,16,18H2,1-2H3,(H,43,46)/t23-,26+,32+/m0/s1. The van der Waals surface area contributed by atoms with Crippen LogP contribution in [0, 0.1) is 0 Å². The van der Waals surface area contributed by atoms with Gasteiger partial charge in [-0.3, -0.25) is 24.1 Å². The van der Waals surface area contributed by atoms with E-state index in [4.69, 9.17) is 16.3 Å². The Morgan fingerprint density at radius 1 is 1.06 bits per heavy atom. The Morgan fingerprint density at radius 3 is 2.43 bits per heavy atom. The lowest BCUT2D eigenvalue weighted by Gasteiger charge is -2.51. The van der Waals surface area contributed by atoms with Crippen molar-refractivity contribution in [1.29, 1.82) is 0 Å². The number of pyridine rings is 1. The zero-order valence-corrected chi connectivity index (χ0v) is 30.8. The molecule has 5 rings (SSSR count). The van der Waals surface area contributed by atoms with Gasteiger partial charge in [0.2, 0.25) is 21.5 Å². The summed E-state index contributed by atoms with van der Waals surface area (Å²) >= 11 is 6.58. The molecule has 1 fully saturated rings. The molecular weight excluding hydrogens is 774 g/mol. The minimum absolute atomic E-state index is 0.00337. The first-order valence-electron chi connectivity index (χ1n) is 16.5. The van der Waals surface area contributed by atoms with Gasteiger partial charge in [0.15, 0.2) is 0 Å². The van der Waals surface area contributed by atoms with Crippen molar-refractivity contribution in [3.8, 4) is 5.75 Å². The van der Waals surface area contributed by atoms with Crippen molar-refractivity contribution in [2.75, 3.05) is 12.8 Å². The number of fused-ring (bicyclic) bond motifs is 1. The van der Waals surface area contributed by atoms with Gasteiger partial charge in [0.05, 0.1) is 17.9 Å². The van der Waals surface area contributed by atoms with Crippen molar-refractivity contribution in [2.45, 2.75) is 88.5 Å². The molecule has 0 radical (unpaired) electrons. The van der Waals surface area contributed by atoms with Gasteiger partial charge in [-0.25, -0.2) is 8.42 Å². The largest absolute Gasteiger partial charge is 0.474 e. The van der Waals surface area contributed by atoms with Gasteiger partial charge in [0.25, 0.3) is 11.8 Å². The van der Waals surface area contributed by atoms with E-state index in [0.29, 0.717) is 28.0 Å². The number of aromatic nitrogens is 1. The van der Waals surface area contributed by atoms with Crippen molar-refractivity contribution in [2.24, 2.45) is 0 Å². The maximum atomic E-state index is 15.3. The summed E-state index contributed by atoms with van der Waals surface area (Å²) in [6.07, 6.45) is -7.94. The third-order valence-corrected chi connectivity index (χ3v) is 11.0. The quantitative estimate of drug-likeness (QED) is 0.222. The Labute approximate surface area is 310 Å². The second kappa shape index (κ2) is 15.5. The molecule has 288 valence electrons. The highest BCUT2D eigenvalue weighted by molar-refractivity contribution is 7.89. The molecule has 53 heavy (non-hydrogen) atoms. The molecule has 3 atom stereocenters. The summed E-state index contributed by atoms with van der Waals surface area (Å²) in [6.45, 7) is 1.52. The number of hydrogen-bond acceptors (Lipinski definition) is 8. The number of halogens is 7. The van der Waals surface area contributed by atoms with E-state index in [1.54, 1.807) is 25.1 Å². The number of ether oxygens (including phenoxy) is 1. The van der Waals surface area contributed by atoms with Crippen molar-refractivity contribution < 1.29 is 53.9 Å². The summed E-state index contributed by atoms with van der Waals surface area (Å²) in [4.78, 5) is 47.2. The maximum Gasteiger partial charge on any atom is 0.425 e. The number of piperidine rings is 1. The summed E-state index contributed by atoms with van der Waals surface area (Å²) in [5.41, 5.74) is -2.92. The first-order chi connectivity index (χ1) is 24.7. The van der Waals surface area contributed by atoms with Crippen LogP contribution in [0.25, 0.3) is 0 Å². The van der Waals surface area contributed by atoms with Gasteiger partial charge in [-0.15, -0.1) is 11.3 Å². The molecule has 4 heterocycles. The lowest BCUT2D eigenvalue weighted by atomic mass is 9.78. The molecule has 0 spiro atoms. The number of benzene rings is 1. The van der Waals surface area contributed by atoms with E-state index in [2.05, 4.69) is 4.98 Å². The Hall–Kier alpha value is -3.90. The fourth-order valence-corrected chi connectivity index (χ4v) is 8.37. The van der Waals surface area contributed by atoms with Gasteiger partial charge in [-0.05, 0) is 61.1 Å². The van der Waals surface area contributed by atoms with Gasteiger partial charge < -0.3 is 14.5 Å². The molecule has 2 aromatic heterocycles. The Bertz CT molecular complexity index is 1970. The lowest BCUT2D eigenvalue weighted by Crippen LogP contribution is -2.69. The van der Waals surface area contributed by atoms with E-state index in [0.717, 1.165) is 40.4 Å². The number of hydrogen-bond donors (Lipinski definition) is 1. The number of nitrogens with one attached hydrogen (secondary N) is 1. The fourth-order valence-electron chi connectivity index (χ4n) is 6.99. The van der Waals surface area contributed by atoms with E-state index >= 15 is 4.79 Å². The second-order valence-corrected chi connectivity index (χ2v) is 16.1. The lowest BCUT2D eigenvalue weighted by molar-refractivity contribution is -0.163. The first kappa shape index (κ1) is 40.3. The molecule has 3 aromatic rings. The highest BCUT2D eigenvalue weighted by Gasteiger charge is 2.57. The van der Waals surface area contributed by atoms with Gasteiger partial charge in [0.1, 0.15) is 16.3 Å². The van der Waals surface area contributed by atoms with Crippen LogP contribution in [0.1, 0.15) is 77.5 Å². The van der Waals surface area contributed by atoms with E-state index in [1.165, 1.54) is 4.90 Å². The smallest absolute Gasteiger partial charge is 0.425 e. The summed E-state index contributed by atoms with van der Waals surface area (Å²) < 4.78 is 115. The number of carbonyl (C=O) groups excluding carboxylic acids is 3. The van der Waals surface area contributed by atoms with Crippen LogP contribution >= 0.6 is 22.9 Å². The molecule has 0 unspecified atom stereocenters. The fraction of sp³-hybridized carbons (Fsp3) is 0.471. The number of thiophene rings is 1. The Balaban J connectivity index is 1.63. The average molecular weight is 809 g/mol. The average Bonchev–Trinajstić information content (AvgIpc) is 3.55. The predicted molar refractivity (Wildman–Crippen MR) is 183 cm³/mol. The molecular formula is C34H35ClF6N4O6S2. The SMILES string of the molecule is CCC[C@H]1N(C(=O)c2ncccc2C(F)(F)F)CCC[C@]1(Oc1csc(C(F)(F)F)c1)C(=O)N1Cc2ccc(Cl)cc2C[C@@H]1CCC(=O)NS(C)(=O)=O. The number of amides is 3. The molecule has 0 aliphatic carbocycles. The molecule has 2 aliphatic rings. The van der Waals surface area contributed by atoms with E-state index in [1.807, 2.05) is 4.72 Å². The predicted octanol–water partition coefficient (Wildman–Crippen LogP) is 6.87. The number of alkyl halides is 6. The topological polar surface area (TPSA) is 126 Å². The Kier molecular flexibility index (Phi) is 11.7. The Morgan fingerprint density at radius 2 is 1.79 bits per heavy atom. The zero-order valence-electron chi connectivity index (χ0n) is 28.4. The van der Waals surface area contributed by atoms with Crippen molar-refractivity contribution in [1.82, 2.24) is 19.5 Å². The van der Waals surface area contributed by atoms with Gasteiger partial charge >= 0.3 is 12.4 Å². The van der Waals surface area contributed by atoms with Crippen LogP contribution in [0.4, 0.5) is 26.3 Å². The van der Waals surface area contributed by atoms with Crippen LogP contribution in [0.3, 0.4) is 0 Å². The van der Waals surface area contributed by atoms with Crippen LogP contribution in [0.5, 0.6) is 5.75 Å². The first-order valence-corrected chi connectivity index (χ1v) is 19.7. The number of carbonyl (C=O) groups is 3. The number of likely N-dealkylation sites (tertiary alicyclic amines) is 1. The molecule has 3 amide bonds. The molecule has 2 aliphatic heterocycles. The molecule has 0 bridgehead atoms. The van der Waals surface area contributed by atoms with E-state index < -0.39 is 73.9 Å². The molecule has 19 heteroatoms. The normalized spacial score (nSPS) is 20.8. The minimum Gasteiger partial charge on any atom is -0.474 e. The third kappa shape index (κ3) is 9.08. The number of rotatable bonds is 10. The van der Waals surface area contributed by atoms with Crippen LogP contribution < -0.4 is 9.46 Å². The summed E-state index contributed by atoms with van der Waals surface area (Å²) in [5.74, 6) is -3.06. The number of sulfonamides is 1. The van der Waals surface area contributed by atoms with E-state index in [9.17, 15) is 44.3 Å². The van der Waals surface area contributed by atoms with Gasteiger partial charge in [-0.1, -0.05) is 31.0 Å². The van der Waals surface area contributed by atoms with Crippen LogP contribution in [0.2, 0.25) is 5.02 Å². The van der Waals surface area contributed by atoms with Crippen LogP contribution in [-0.2, 0) is 44.9 Å². The van der Waals surface area contributed by atoms with E-state index in [-0.39, 0.29) is 63.8 Å². The second-order valence-electron chi connectivity index (χ2n) is 13.0. The van der Waals surface area contributed by atoms with Crippen molar-refractivity contribution in [3.05, 3.63) is 80.3 Å².